The van der Waals surface area contributed by atoms with Crippen LogP contribution in [0, 0.1) is 0 Å². The molecule has 0 fully saturated rings. The summed E-state index contributed by atoms with van der Waals surface area (Å²) in [5.74, 6) is -0.0371. The van der Waals surface area contributed by atoms with E-state index in [1.54, 1.807) is 7.11 Å². The van der Waals surface area contributed by atoms with E-state index in [1.165, 1.54) is 11.1 Å². The number of ether oxygens (including phenoxy) is 1. The lowest BCUT2D eigenvalue weighted by molar-refractivity contribution is 0.0956. The molecule has 8 nitrogen and oxygen atoms in total. The molecule has 1 aromatic carbocycles. The maximum Gasteiger partial charge on any atom is 0.273 e. The zero-order valence-electron chi connectivity index (χ0n) is 16.5. The Balaban J connectivity index is 1.79. The SMILES string of the molecule is [2H]C([2H])([2H])NC(=O)c1cnc(Nc2cc3c(cc2OC)CCN(C)C3)nn1. The van der Waals surface area contributed by atoms with E-state index in [2.05, 4.69) is 32.4 Å². The molecular weight excluding hydrogens is 308 g/mol. The molecule has 1 aliphatic heterocycles. The van der Waals surface area contributed by atoms with Crippen molar-refractivity contribution in [2.24, 2.45) is 0 Å². The molecule has 3 rings (SSSR count). The van der Waals surface area contributed by atoms with Gasteiger partial charge in [-0.25, -0.2) is 4.98 Å². The van der Waals surface area contributed by atoms with Crippen LogP contribution in [0.1, 0.15) is 25.7 Å². The number of rotatable bonds is 4. The van der Waals surface area contributed by atoms with E-state index in [9.17, 15) is 4.79 Å². The van der Waals surface area contributed by atoms with Crippen LogP contribution in [0.25, 0.3) is 0 Å². The van der Waals surface area contributed by atoms with Crippen molar-refractivity contribution in [1.29, 1.82) is 0 Å². The minimum Gasteiger partial charge on any atom is -0.495 e. The highest BCUT2D eigenvalue weighted by molar-refractivity contribution is 5.91. The summed E-state index contributed by atoms with van der Waals surface area (Å²) < 4.78 is 26.6. The number of methoxy groups -OCH3 is 1. The van der Waals surface area contributed by atoms with E-state index in [4.69, 9.17) is 8.85 Å². The highest BCUT2D eigenvalue weighted by Gasteiger charge is 2.17. The van der Waals surface area contributed by atoms with Crippen molar-refractivity contribution in [3.8, 4) is 5.75 Å². The molecule has 0 radical (unpaired) electrons. The Morgan fingerprint density at radius 3 is 2.96 bits per heavy atom. The summed E-state index contributed by atoms with van der Waals surface area (Å²) in [6.07, 6.45) is 2.11. The molecule has 1 aliphatic rings. The summed E-state index contributed by atoms with van der Waals surface area (Å²) >= 11 is 0. The number of nitrogens with one attached hydrogen (secondary N) is 2. The van der Waals surface area contributed by atoms with Crippen molar-refractivity contribution in [3.63, 3.8) is 0 Å². The van der Waals surface area contributed by atoms with Gasteiger partial charge in [-0.05, 0) is 36.7 Å². The van der Waals surface area contributed by atoms with Gasteiger partial charge in [-0.15, -0.1) is 10.2 Å². The lowest BCUT2D eigenvalue weighted by Crippen LogP contribution is -2.26. The van der Waals surface area contributed by atoms with Gasteiger partial charge < -0.3 is 20.3 Å². The number of nitrogens with zero attached hydrogens (tertiary/aromatic N) is 4. The van der Waals surface area contributed by atoms with Crippen LogP contribution >= 0.6 is 0 Å². The fourth-order valence-corrected chi connectivity index (χ4v) is 2.62. The molecule has 1 amide bonds. The fraction of sp³-hybridized carbons (Fsp3) is 0.375. The first-order valence-electron chi connectivity index (χ1n) is 8.93. The number of hydrogen-bond donors (Lipinski definition) is 2. The minimum atomic E-state index is -2.60. The molecule has 126 valence electrons. The number of aromatic nitrogens is 3. The summed E-state index contributed by atoms with van der Waals surface area (Å²) in [4.78, 5) is 18.0. The largest absolute Gasteiger partial charge is 0.495 e. The van der Waals surface area contributed by atoms with Crippen LogP contribution in [0.3, 0.4) is 0 Å². The second kappa shape index (κ2) is 6.79. The molecule has 0 atom stereocenters. The third-order valence-electron chi connectivity index (χ3n) is 3.88. The van der Waals surface area contributed by atoms with E-state index in [1.807, 2.05) is 17.4 Å². The van der Waals surface area contributed by atoms with E-state index >= 15 is 0 Å². The Labute approximate surface area is 144 Å². The molecule has 8 heteroatoms. The summed E-state index contributed by atoms with van der Waals surface area (Å²) in [6.45, 7) is -0.767. The Hall–Kier alpha value is -2.74. The first-order valence-corrected chi connectivity index (χ1v) is 7.43. The van der Waals surface area contributed by atoms with Crippen LogP contribution in [-0.2, 0) is 13.0 Å². The molecule has 0 spiro atoms. The second-order valence-electron chi connectivity index (χ2n) is 5.56. The normalized spacial score (nSPS) is 16.3. The van der Waals surface area contributed by atoms with Crippen molar-refractivity contribution >= 4 is 17.5 Å². The average Bonchev–Trinajstić information content (AvgIpc) is 2.60. The van der Waals surface area contributed by atoms with Gasteiger partial charge in [-0.3, -0.25) is 4.79 Å². The number of amides is 1. The van der Waals surface area contributed by atoms with Gasteiger partial charge in [0.1, 0.15) is 5.75 Å². The zero-order chi connectivity index (χ0) is 19.6. The summed E-state index contributed by atoms with van der Waals surface area (Å²) in [5, 5.41) is 12.4. The Morgan fingerprint density at radius 2 is 2.25 bits per heavy atom. The van der Waals surface area contributed by atoms with Crippen molar-refractivity contribution < 1.29 is 13.6 Å². The van der Waals surface area contributed by atoms with Gasteiger partial charge in [0, 0.05) is 24.2 Å². The standard InChI is InChI=1S/C16H20N6O2/c1-17-15(23)13-8-18-16(21-20-13)19-12-6-11-9-22(2)5-4-10(11)7-14(12)24-3/h6-8H,4-5,9H2,1-3H3,(H,17,23)(H,18,19,21)/i1D3. The molecule has 2 heterocycles. The van der Waals surface area contributed by atoms with Gasteiger partial charge in [-0.1, -0.05) is 0 Å². The molecule has 0 aliphatic carbocycles. The van der Waals surface area contributed by atoms with Crippen molar-refractivity contribution in [3.05, 3.63) is 35.2 Å². The Kier molecular flexibility index (Phi) is 3.58. The lowest BCUT2D eigenvalue weighted by atomic mass is 9.99. The highest BCUT2D eigenvalue weighted by Crippen LogP contribution is 2.32. The van der Waals surface area contributed by atoms with Crippen molar-refractivity contribution in [1.82, 2.24) is 25.4 Å². The van der Waals surface area contributed by atoms with Crippen LogP contribution < -0.4 is 15.4 Å². The van der Waals surface area contributed by atoms with E-state index in [0.717, 1.165) is 25.7 Å². The van der Waals surface area contributed by atoms with Gasteiger partial charge in [0.05, 0.1) is 19.0 Å². The van der Waals surface area contributed by atoms with Gasteiger partial charge in [0.2, 0.25) is 5.95 Å². The third-order valence-corrected chi connectivity index (χ3v) is 3.88. The van der Waals surface area contributed by atoms with Gasteiger partial charge in [0.15, 0.2) is 5.69 Å². The predicted molar refractivity (Wildman–Crippen MR) is 89.5 cm³/mol. The summed E-state index contributed by atoms with van der Waals surface area (Å²) in [7, 11) is 3.65. The van der Waals surface area contributed by atoms with Crippen molar-refractivity contribution in [2.75, 3.05) is 33.0 Å². The van der Waals surface area contributed by atoms with Gasteiger partial charge in [-0.2, -0.15) is 0 Å². The van der Waals surface area contributed by atoms with Crippen LogP contribution in [-0.4, -0.2) is 53.7 Å². The van der Waals surface area contributed by atoms with E-state index < -0.39 is 12.9 Å². The first kappa shape index (κ1) is 12.7. The number of carbonyl (C=O) groups is 1. The predicted octanol–water partition coefficient (Wildman–Crippen LogP) is 0.971. The molecule has 0 bridgehead atoms. The first-order chi connectivity index (χ1) is 12.7. The fourth-order valence-electron chi connectivity index (χ4n) is 2.62. The lowest BCUT2D eigenvalue weighted by Gasteiger charge is -2.26. The molecule has 0 saturated carbocycles. The van der Waals surface area contributed by atoms with E-state index in [0.29, 0.717) is 11.4 Å². The minimum absolute atomic E-state index is 0.169. The topological polar surface area (TPSA) is 92.3 Å². The van der Waals surface area contributed by atoms with Gasteiger partial charge in [0.25, 0.3) is 5.91 Å². The molecule has 0 unspecified atom stereocenters. The Morgan fingerprint density at radius 1 is 1.38 bits per heavy atom. The zero-order valence-corrected chi connectivity index (χ0v) is 13.5. The summed E-state index contributed by atoms with van der Waals surface area (Å²) in [5.41, 5.74) is 2.93. The number of anilines is 2. The molecule has 0 saturated heterocycles. The van der Waals surface area contributed by atoms with Crippen LogP contribution in [0.2, 0.25) is 0 Å². The average molecular weight is 331 g/mol. The second-order valence-corrected chi connectivity index (χ2v) is 5.56. The van der Waals surface area contributed by atoms with Gasteiger partial charge >= 0.3 is 0 Å². The van der Waals surface area contributed by atoms with Crippen LogP contribution in [0.5, 0.6) is 5.75 Å². The quantitative estimate of drug-likeness (QED) is 0.862. The number of hydrogen-bond acceptors (Lipinski definition) is 7. The number of likely N-dealkylation sites (N-methyl/N-ethyl adjacent to an activating group) is 1. The number of benzene rings is 1. The molecule has 1 aromatic heterocycles. The number of carbonyl (C=O) groups excluding carboxylic acids is 1. The molecule has 2 N–H and O–H groups in total. The molecule has 24 heavy (non-hydrogen) atoms. The summed E-state index contributed by atoms with van der Waals surface area (Å²) in [6, 6.07) is 3.98. The van der Waals surface area contributed by atoms with E-state index in [-0.39, 0.29) is 11.6 Å². The number of fused-ring (bicyclic) bond motifs is 1. The molecular formula is C16H20N6O2. The highest BCUT2D eigenvalue weighted by atomic mass is 16.5. The Bertz CT molecular complexity index is 841. The third kappa shape index (κ3) is 3.28. The van der Waals surface area contributed by atoms with Crippen LogP contribution in [0.4, 0.5) is 11.6 Å². The maximum atomic E-state index is 11.8. The van der Waals surface area contributed by atoms with Crippen molar-refractivity contribution in [2.45, 2.75) is 13.0 Å². The smallest absolute Gasteiger partial charge is 0.273 e. The molecule has 2 aromatic rings. The monoisotopic (exact) mass is 331 g/mol. The van der Waals surface area contributed by atoms with Crippen LogP contribution in [0.15, 0.2) is 18.3 Å². The maximum absolute atomic E-state index is 11.8.